The average Bonchev–Trinajstić information content (AvgIpc) is 3.11. The molecule has 0 radical (unpaired) electrons. The zero-order valence-corrected chi connectivity index (χ0v) is 16.8. The molecule has 0 aliphatic heterocycles. The minimum Gasteiger partial charge on any atom is -0.345 e. The van der Waals surface area contributed by atoms with Crippen LogP contribution in [0.15, 0.2) is 78.9 Å². The first-order valence-electron chi connectivity index (χ1n) is 9.72. The van der Waals surface area contributed by atoms with Gasteiger partial charge in [0.2, 0.25) is 0 Å². The molecule has 0 saturated carbocycles. The Morgan fingerprint density at radius 1 is 0.931 bits per heavy atom. The van der Waals surface area contributed by atoms with E-state index in [-0.39, 0.29) is 5.91 Å². The van der Waals surface area contributed by atoms with Gasteiger partial charge in [-0.1, -0.05) is 54.1 Å². The third-order valence-corrected chi connectivity index (χ3v) is 5.19. The Hall–Kier alpha value is -3.11. The lowest BCUT2D eigenvalue weighted by Gasteiger charge is -2.10. The zero-order chi connectivity index (χ0) is 20.1. The van der Waals surface area contributed by atoms with Gasteiger partial charge in [0.1, 0.15) is 5.82 Å². The predicted molar refractivity (Wildman–Crippen MR) is 117 cm³/mol. The van der Waals surface area contributed by atoms with Gasteiger partial charge in [0.25, 0.3) is 5.91 Å². The molecule has 3 aromatic carbocycles. The van der Waals surface area contributed by atoms with E-state index in [2.05, 4.69) is 40.2 Å². The molecule has 0 saturated heterocycles. The number of carbonyl (C=O) groups is 1. The molecule has 0 bridgehead atoms. The van der Waals surface area contributed by atoms with E-state index < -0.39 is 0 Å². The number of rotatable bonds is 7. The Kier molecular flexibility index (Phi) is 5.92. The highest BCUT2D eigenvalue weighted by Crippen LogP contribution is 2.18. The van der Waals surface area contributed by atoms with Crippen molar-refractivity contribution in [2.45, 2.75) is 25.9 Å². The van der Waals surface area contributed by atoms with E-state index in [1.807, 2.05) is 24.3 Å². The van der Waals surface area contributed by atoms with Crippen LogP contribution in [-0.4, -0.2) is 15.5 Å². The molecule has 29 heavy (non-hydrogen) atoms. The minimum atomic E-state index is -0.135. The van der Waals surface area contributed by atoms with Crippen LogP contribution in [0.4, 0.5) is 0 Å². The maximum absolute atomic E-state index is 12.5. The number of hydrogen-bond donors (Lipinski definition) is 1. The van der Waals surface area contributed by atoms with Crippen molar-refractivity contribution < 1.29 is 4.79 Å². The van der Waals surface area contributed by atoms with Crippen LogP contribution in [0.2, 0.25) is 5.02 Å². The first kappa shape index (κ1) is 19.2. The molecule has 0 spiro atoms. The molecule has 1 heterocycles. The van der Waals surface area contributed by atoms with E-state index in [0.717, 1.165) is 36.2 Å². The standard InChI is InChI=1S/C24H22ClN3O/c25-20-14-12-19(13-15-20)24(29)26-17-23-27-21-10-4-5-11-22(21)28(23)16-6-9-18-7-2-1-3-8-18/h1-5,7-8,10-15H,6,9,16-17H2,(H,26,29). The number of nitrogens with zero attached hydrogens (tertiary/aromatic N) is 2. The van der Waals surface area contributed by atoms with Crippen LogP contribution in [0.3, 0.4) is 0 Å². The second-order valence-corrected chi connectivity index (χ2v) is 7.38. The van der Waals surface area contributed by atoms with E-state index in [9.17, 15) is 4.79 Å². The van der Waals surface area contributed by atoms with Gasteiger partial charge < -0.3 is 9.88 Å². The van der Waals surface area contributed by atoms with E-state index in [1.54, 1.807) is 24.3 Å². The smallest absolute Gasteiger partial charge is 0.251 e. The Morgan fingerprint density at radius 3 is 2.45 bits per heavy atom. The molecule has 0 aliphatic rings. The number of imidazole rings is 1. The average molecular weight is 404 g/mol. The van der Waals surface area contributed by atoms with E-state index in [1.165, 1.54) is 5.56 Å². The molecule has 146 valence electrons. The molecule has 0 unspecified atom stereocenters. The molecule has 5 heteroatoms. The molecule has 0 atom stereocenters. The van der Waals surface area contributed by atoms with Crippen LogP contribution in [0.1, 0.15) is 28.2 Å². The summed E-state index contributed by atoms with van der Waals surface area (Å²) in [6, 6.07) is 25.5. The number of fused-ring (bicyclic) bond motifs is 1. The molecular weight excluding hydrogens is 382 g/mol. The predicted octanol–water partition coefficient (Wildman–Crippen LogP) is 5.25. The number of hydrogen-bond acceptors (Lipinski definition) is 2. The van der Waals surface area contributed by atoms with Gasteiger partial charge in [-0.2, -0.15) is 0 Å². The van der Waals surface area contributed by atoms with Crippen molar-refractivity contribution in [1.29, 1.82) is 0 Å². The van der Waals surface area contributed by atoms with E-state index >= 15 is 0 Å². The fourth-order valence-corrected chi connectivity index (χ4v) is 3.58. The molecule has 1 N–H and O–H groups in total. The SMILES string of the molecule is O=C(NCc1nc2ccccc2n1CCCc1ccccc1)c1ccc(Cl)cc1. The Morgan fingerprint density at radius 2 is 1.66 bits per heavy atom. The van der Waals surface area contributed by atoms with Crippen molar-refractivity contribution in [3.8, 4) is 0 Å². The number of halogens is 1. The lowest BCUT2D eigenvalue weighted by Crippen LogP contribution is -2.24. The first-order chi connectivity index (χ1) is 14.2. The zero-order valence-electron chi connectivity index (χ0n) is 16.0. The number of amides is 1. The Labute approximate surface area is 175 Å². The second-order valence-electron chi connectivity index (χ2n) is 6.95. The van der Waals surface area contributed by atoms with Crippen LogP contribution in [0, 0.1) is 0 Å². The lowest BCUT2D eigenvalue weighted by molar-refractivity contribution is 0.0949. The largest absolute Gasteiger partial charge is 0.345 e. The number of nitrogens with one attached hydrogen (secondary N) is 1. The molecular formula is C24H22ClN3O. The van der Waals surface area contributed by atoms with Crippen molar-refractivity contribution in [1.82, 2.24) is 14.9 Å². The minimum absolute atomic E-state index is 0.135. The summed E-state index contributed by atoms with van der Waals surface area (Å²) in [5, 5.41) is 3.59. The summed E-state index contributed by atoms with van der Waals surface area (Å²) in [7, 11) is 0. The molecule has 0 aliphatic carbocycles. The fourth-order valence-electron chi connectivity index (χ4n) is 3.46. The number of para-hydroxylation sites is 2. The van der Waals surface area contributed by atoms with Gasteiger partial charge >= 0.3 is 0 Å². The van der Waals surface area contributed by atoms with Gasteiger partial charge in [0, 0.05) is 17.1 Å². The number of benzene rings is 3. The molecule has 4 rings (SSSR count). The quantitative estimate of drug-likeness (QED) is 0.458. The van der Waals surface area contributed by atoms with Gasteiger partial charge in [-0.05, 0) is 54.8 Å². The van der Waals surface area contributed by atoms with Crippen LogP contribution in [0.5, 0.6) is 0 Å². The number of aromatic nitrogens is 2. The Bertz CT molecular complexity index is 1100. The summed E-state index contributed by atoms with van der Waals surface area (Å²) in [5.74, 6) is 0.728. The monoisotopic (exact) mass is 403 g/mol. The molecule has 1 aromatic heterocycles. The first-order valence-corrected chi connectivity index (χ1v) is 10.1. The summed E-state index contributed by atoms with van der Waals surface area (Å²) in [6.07, 6.45) is 2.01. The summed E-state index contributed by atoms with van der Waals surface area (Å²) >= 11 is 5.90. The lowest BCUT2D eigenvalue weighted by atomic mass is 10.1. The number of aryl methyl sites for hydroxylation is 2. The van der Waals surface area contributed by atoms with Crippen molar-refractivity contribution >= 4 is 28.5 Å². The molecule has 0 fully saturated rings. The summed E-state index contributed by atoms with van der Waals surface area (Å²) < 4.78 is 2.21. The van der Waals surface area contributed by atoms with Crippen LogP contribution < -0.4 is 5.32 Å². The van der Waals surface area contributed by atoms with Crippen molar-refractivity contribution in [3.05, 3.63) is 101 Å². The summed E-state index contributed by atoms with van der Waals surface area (Å²) in [5.41, 5.74) is 3.95. The Balaban J connectivity index is 1.48. The van der Waals surface area contributed by atoms with Gasteiger partial charge in [-0.3, -0.25) is 4.79 Å². The van der Waals surface area contributed by atoms with Crippen molar-refractivity contribution in [2.24, 2.45) is 0 Å². The molecule has 4 aromatic rings. The normalized spacial score (nSPS) is 10.9. The highest BCUT2D eigenvalue weighted by atomic mass is 35.5. The van der Waals surface area contributed by atoms with Crippen molar-refractivity contribution in [3.63, 3.8) is 0 Å². The van der Waals surface area contributed by atoms with Crippen LogP contribution in [0.25, 0.3) is 11.0 Å². The number of carbonyl (C=O) groups excluding carboxylic acids is 1. The topological polar surface area (TPSA) is 46.9 Å². The third kappa shape index (κ3) is 4.66. The summed E-state index contributed by atoms with van der Waals surface area (Å²) in [4.78, 5) is 17.2. The van der Waals surface area contributed by atoms with E-state index in [0.29, 0.717) is 17.1 Å². The van der Waals surface area contributed by atoms with Crippen molar-refractivity contribution in [2.75, 3.05) is 0 Å². The maximum atomic E-state index is 12.5. The van der Waals surface area contributed by atoms with Gasteiger partial charge in [-0.25, -0.2) is 4.98 Å². The van der Waals surface area contributed by atoms with Gasteiger partial charge in [-0.15, -0.1) is 0 Å². The van der Waals surface area contributed by atoms with E-state index in [4.69, 9.17) is 16.6 Å². The summed E-state index contributed by atoms with van der Waals surface area (Å²) in [6.45, 7) is 1.23. The second kappa shape index (κ2) is 8.93. The van der Waals surface area contributed by atoms with Gasteiger partial charge in [0.05, 0.1) is 17.6 Å². The third-order valence-electron chi connectivity index (χ3n) is 4.94. The molecule has 1 amide bonds. The highest BCUT2D eigenvalue weighted by Gasteiger charge is 2.12. The molecule has 4 nitrogen and oxygen atoms in total. The maximum Gasteiger partial charge on any atom is 0.251 e. The van der Waals surface area contributed by atoms with Crippen LogP contribution >= 0.6 is 11.6 Å². The highest BCUT2D eigenvalue weighted by molar-refractivity contribution is 6.30. The fraction of sp³-hybridized carbons (Fsp3) is 0.167. The van der Waals surface area contributed by atoms with Gasteiger partial charge in [0.15, 0.2) is 0 Å². The van der Waals surface area contributed by atoms with Crippen LogP contribution in [-0.2, 0) is 19.5 Å².